The fourth-order valence-electron chi connectivity index (χ4n) is 2.48. The fraction of sp³-hybridized carbons (Fsp3) is 0.308. The second-order valence-corrected chi connectivity index (χ2v) is 4.58. The molecule has 0 aliphatic carbocycles. The summed E-state index contributed by atoms with van der Waals surface area (Å²) in [6, 6.07) is 9.06. The number of carbonyl (C=O) groups excluding carboxylic acids is 1. The lowest BCUT2D eigenvalue weighted by Crippen LogP contribution is -2.44. The summed E-state index contributed by atoms with van der Waals surface area (Å²) < 4.78 is 39.0. The lowest BCUT2D eigenvalue weighted by Gasteiger charge is -2.29. The molecule has 2 aromatic rings. The quantitative estimate of drug-likeness (QED) is 0.780. The van der Waals surface area contributed by atoms with Crippen molar-refractivity contribution >= 4 is 16.8 Å². The number of halogens is 3. The second-order valence-electron chi connectivity index (χ2n) is 4.58. The summed E-state index contributed by atoms with van der Waals surface area (Å²) in [5, 5.41) is 0.875. The summed E-state index contributed by atoms with van der Waals surface area (Å²) >= 11 is 0. The number of rotatable bonds is 1. The van der Waals surface area contributed by atoms with Crippen molar-refractivity contribution in [1.29, 1.82) is 0 Å². The number of hydrogen-bond acceptors (Lipinski definition) is 1. The van der Waals surface area contributed by atoms with Gasteiger partial charge in [-0.1, -0.05) is 18.2 Å². The standard InChI is InChI=1S/C13H11F3N2O/c14-13(15,16)8-17-5-6-18-10-4-2-1-3-9(10)7-11(18)12(17)19/h1-4,7H,5-6,8H2. The van der Waals surface area contributed by atoms with Gasteiger partial charge in [-0.05, 0) is 12.1 Å². The third-order valence-electron chi connectivity index (χ3n) is 3.28. The third kappa shape index (κ3) is 2.07. The molecule has 0 radical (unpaired) electrons. The molecule has 0 unspecified atom stereocenters. The second kappa shape index (κ2) is 4.01. The van der Waals surface area contributed by atoms with Crippen molar-refractivity contribution in [3.8, 4) is 0 Å². The first-order valence-electron chi connectivity index (χ1n) is 5.90. The van der Waals surface area contributed by atoms with Gasteiger partial charge in [-0.15, -0.1) is 0 Å². The van der Waals surface area contributed by atoms with E-state index in [-0.39, 0.29) is 6.54 Å². The molecule has 19 heavy (non-hydrogen) atoms. The van der Waals surface area contributed by atoms with E-state index in [1.54, 1.807) is 10.6 Å². The molecule has 0 spiro atoms. The van der Waals surface area contributed by atoms with Crippen LogP contribution >= 0.6 is 0 Å². The van der Waals surface area contributed by atoms with E-state index < -0.39 is 18.6 Å². The SMILES string of the molecule is O=C1c2cc3ccccc3n2CCN1CC(F)(F)F. The number of amides is 1. The van der Waals surface area contributed by atoms with Crippen LogP contribution in [0.15, 0.2) is 30.3 Å². The highest BCUT2D eigenvalue weighted by molar-refractivity contribution is 5.99. The highest BCUT2D eigenvalue weighted by Crippen LogP contribution is 2.26. The van der Waals surface area contributed by atoms with Gasteiger partial charge in [-0.2, -0.15) is 13.2 Å². The van der Waals surface area contributed by atoms with E-state index in [0.717, 1.165) is 15.8 Å². The van der Waals surface area contributed by atoms with Gasteiger partial charge in [0.2, 0.25) is 0 Å². The van der Waals surface area contributed by atoms with Crippen LogP contribution in [0.2, 0.25) is 0 Å². The molecular weight excluding hydrogens is 257 g/mol. The summed E-state index contributed by atoms with van der Waals surface area (Å²) in [5.41, 5.74) is 1.22. The van der Waals surface area contributed by atoms with Crippen molar-refractivity contribution in [2.45, 2.75) is 12.7 Å². The van der Waals surface area contributed by atoms with Gasteiger partial charge in [-0.25, -0.2) is 0 Å². The molecular formula is C13H11F3N2O. The lowest BCUT2D eigenvalue weighted by molar-refractivity contribution is -0.141. The van der Waals surface area contributed by atoms with Gasteiger partial charge in [0.1, 0.15) is 12.2 Å². The molecule has 1 amide bonds. The molecule has 0 atom stereocenters. The molecule has 0 bridgehead atoms. The van der Waals surface area contributed by atoms with Crippen LogP contribution in [0.4, 0.5) is 13.2 Å². The van der Waals surface area contributed by atoms with Crippen molar-refractivity contribution in [2.75, 3.05) is 13.1 Å². The first kappa shape index (κ1) is 12.1. The number of hydrogen-bond donors (Lipinski definition) is 0. The van der Waals surface area contributed by atoms with Crippen LogP contribution in [-0.4, -0.2) is 34.6 Å². The summed E-state index contributed by atoms with van der Waals surface area (Å²) in [4.78, 5) is 12.9. The molecule has 2 heterocycles. The smallest absolute Gasteiger partial charge is 0.335 e. The lowest BCUT2D eigenvalue weighted by atomic mass is 10.2. The van der Waals surface area contributed by atoms with Gasteiger partial charge in [0.05, 0.1) is 0 Å². The number of fused-ring (bicyclic) bond motifs is 3. The van der Waals surface area contributed by atoms with Gasteiger partial charge in [0.15, 0.2) is 0 Å². The Hall–Kier alpha value is -1.98. The maximum absolute atomic E-state index is 12.4. The minimum Gasteiger partial charge on any atom is -0.335 e. The molecule has 3 rings (SSSR count). The highest BCUT2D eigenvalue weighted by atomic mass is 19.4. The zero-order chi connectivity index (χ0) is 13.6. The topological polar surface area (TPSA) is 25.2 Å². The molecule has 0 saturated heterocycles. The molecule has 100 valence electrons. The Morgan fingerprint density at radius 3 is 2.63 bits per heavy atom. The summed E-state index contributed by atoms with van der Waals surface area (Å²) in [7, 11) is 0. The maximum Gasteiger partial charge on any atom is 0.406 e. The third-order valence-corrected chi connectivity index (χ3v) is 3.28. The number of benzene rings is 1. The maximum atomic E-state index is 12.4. The van der Waals surface area contributed by atoms with E-state index in [2.05, 4.69) is 0 Å². The van der Waals surface area contributed by atoms with Crippen LogP contribution in [-0.2, 0) is 6.54 Å². The van der Waals surface area contributed by atoms with E-state index >= 15 is 0 Å². The van der Waals surface area contributed by atoms with E-state index in [4.69, 9.17) is 0 Å². The first-order chi connectivity index (χ1) is 8.96. The van der Waals surface area contributed by atoms with Crippen LogP contribution < -0.4 is 0 Å². The fourth-order valence-corrected chi connectivity index (χ4v) is 2.48. The van der Waals surface area contributed by atoms with Crippen molar-refractivity contribution in [1.82, 2.24) is 9.47 Å². The number of carbonyl (C=O) groups is 1. The molecule has 1 aliphatic rings. The molecule has 3 nitrogen and oxygen atoms in total. The first-order valence-corrected chi connectivity index (χ1v) is 5.90. The van der Waals surface area contributed by atoms with Gasteiger partial charge in [0, 0.05) is 24.0 Å². The molecule has 0 fully saturated rings. The average Bonchev–Trinajstić information content (AvgIpc) is 2.71. The predicted octanol–water partition coefficient (Wildman–Crippen LogP) is 2.66. The summed E-state index contributed by atoms with van der Waals surface area (Å²) in [5.74, 6) is -0.556. The molecule has 1 aromatic carbocycles. The van der Waals surface area contributed by atoms with E-state index in [1.807, 2.05) is 24.3 Å². The van der Waals surface area contributed by atoms with Crippen molar-refractivity contribution < 1.29 is 18.0 Å². The Kier molecular flexibility index (Phi) is 2.55. The zero-order valence-electron chi connectivity index (χ0n) is 9.94. The largest absolute Gasteiger partial charge is 0.406 e. The molecule has 0 N–H and O–H groups in total. The van der Waals surface area contributed by atoms with Crippen LogP contribution in [0.5, 0.6) is 0 Å². The minimum absolute atomic E-state index is 0.0873. The molecule has 1 aromatic heterocycles. The number of aromatic nitrogens is 1. The van der Waals surface area contributed by atoms with Crippen LogP contribution in [0.1, 0.15) is 10.5 Å². The van der Waals surface area contributed by atoms with Crippen LogP contribution in [0.3, 0.4) is 0 Å². The van der Waals surface area contributed by atoms with Gasteiger partial charge >= 0.3 is 6.18 Å². The average molecular weight is 268 g/mol. The van der Waals surface area contributed by atoms with E-state index in [0.29, 0.717) is 12.2 Å². The Balaban J connectivity index is 2.00. The summed E-state index contributed by atoms with van der Waals surface area (Å²) in [6.45, 7) is -0.706. The molecule has 6 heteroatoms. The highest BCUT2D eigenvalue weighted by Gasteiger charge is 2.36. The molecule has 1 aliphatic heterocycles. The van der Waals surface area contributed by atoms with Gasteiger partial charge < -0.3 is 9.47 Å². The van der Waals surface area contributed by atoms with Crippen molar-refractivity contribution in [3.05, 3.63) is 36.0 Å². The van der Waals surface area contributed by atoms with Crippen molar-refractivity contribution in [2.24, 2.45) is 0 Å². The normalized spacial score (nSPS) is 15.9. The summed E-state index contributed by atoms with van der Waals surface area (Å²) in [6.07, 6.45) is -4.36. The van der Waals surface area contributed by atoms with E-state index in [1.165, 1.54) is 0 Å². The monoisotopic (exact) mass is 268 g/mol. The number of nitrogens with zero attached hydrogens (tertiary/aromatic N) is 2. The predicted molar refractivity (Wildman–Crippen MR) is 63.9 cm³/mol. The Morgan fingerprint density at radius 2 is 1.89 bits per heavy atom. The number of para-hydroxylation sites is 1. The Morgan fingerprint density at radius 1 is 1.16 bits per heavy atom. The minimum atomic E-state index is -4.36. The van der Waals surface area contributed by atoms with Gasteiger partial charge in [-0.3, -0.25) is 4.79 Å². The Bertz CT molecular complexity index is 645. The van der Waals surface area contributed by atoms with Crippen LogP contribution in [0.25, 0.3) is 10.9 Å². The van der Waals surface area contributed by atoms with Crippen molar-refractivity contribution in [3.63, 3.8) is 0 Å². The van der Waals surface area contributed by atoms with Gasteiger partial charge in [0.25, 0.3) is 5.91 Å². The molecule has 0 saturated carbocycles. The zero-order valence-corrected chi connectivity index (χ0v) is 9.94. The van der Waals surface area contributed by atoms with E-state index in [9.17, 15) is 18.0 Å². The van der Waals surface area contributed by atoms with Crippen LogP contribution in [0, 0.1) is 0 Å². The number of alkyl halides is 3. The Labute approximate surface area is 107 Å².